The average molecular weight is 238 g/mol. The van der Waals surface area contributed by atoms with Crippen LogP contribution < -0.4 is 0 Å². The van der Waals surface area contributed by atoms with E-state index in [0.29, 0.717) is 18.6 Å². The van der Waals surface area contributed by atoms with Crippen LogP contribution in [0.15, 0.2) is 12.1 Å². The van der Waals surface area contributed by atoms with Gasteiger partial charge in [-0.2, -0.15) is 13.2 Å². The van der Waals surface area contributed by atoms with Gasteiger partial charge in [-0.1, -0.05) is 13.3 Å². The Balaban J connectivity index is 3.08. The number of hydrogen-bond acceptors (Lipinski definition) is 0. The standard InChI is InChI=1S/C11H11F5/c1-2-3-4-8-9(12)5-7(6-10(8)13)11(14,15)16/h5-6H,2-4H2,1H3. The fraction of sp³-hybridized carbons (Fsp3) is 0.455. The van der Waals surface area contributed by atoms with E-state index in [0.717, 1.165) is 6.42 Å². The van der Waals surface area contributed by atoms with Gasteiger partial charge >= 0.3 is 6.18 Å². The first-order chi connectivity index (χ1) is 7.36. The van der Waals surface area contributed by atoms with Gasteiger partial charge in [0, 0.05) is 5.56 Å². The Morgan fingerprint density at radius 3 is 1.94 bits per heavy atom. The van der Waals surface area contributed by atoms with Crippen molar-refractivity contribution in [3.63, 3.8) is 0 Å². The van der Waals surface area contributed by atoms with Crippen molar-refractivity contribution in [2.45, 2.75) is 32.4 Å². The number of rotatable bonds is 3. The van der Waals surface area contributed by atoms with Gasteiger partial charge in [0.15, 0.2) is 0 Å². The molecule has 0 saturated carbocycles. The molecule has 5 heteroatoms. The third kappa shape index (κ3) is 2.93. The molecule has 0 aliphatic rings. The molecule has 0 nitrogen and oxygen atoms in total. The van der Waals surface area contributed by atoms with E-state index in [1.165, 1.54) is 0 Å². The SMILES string of the molecule is CCCCc1c(F)cc(C(F)(F)F)cc1F. The van der Waals surface area contributed by atoms with Crippen molar-refractivity contribution in [2.24, 2.45) is 0 Å². The van der Waals surface area contributed by atoms with Gasteiger partial charge in [-0.25, -0.2) is 8.78 Å². The summed E-state index contributed by atoms with van der Waals surface area (Å²) in [5.74, 6) is -2.25. The van der Waals surface area contributed by atoms with E-state index in [1.807, 2.05) is 6.92 Å². The van der Waals surface area contributed by atoms with E-state index in [4.69, 9.17) is 0 Å². The predicted molar refractivity (Wildman–Crippen MR) is 50.0 cm³/mol. The summed E-state index contributed by atoms with van der Waals surface area (Å²) in [5, 5.41) is 0. The molecule has 0 fully saturated rings. The Morgan fingerprint density at radius 1 is 1.06 bits per heavy atom. The monoisotopic (exact) mass is 238 g/mol. The maximum absolute atomic E-state index is 13.2. The lowest BCUT2D eigenvalue weighted by atomic mass is 10.0. The predicted octanol–water partition coefficient (Wildman–Crippen LogP) is 4.33. The first kappa shape index (κ1) is 12.9. The molecule has 0 amide bonds. The van der Waals surface area contributed by atoms with Crippen molar-refractivity contribution < 1.29 is 22.0 Å². The van der Waals surface area contributed by atoms with Crippen molar-refractivity contribution in [3.8, 4) is 0 Å². The molecule has 1 aromatic rings. The molecule has 0 bridgehead atoms. The molecule has 0 N–H and O–H groups in total. The number of halogens is 5. The summed E-state index contributed by atoms with van der Waals surface area (Å²) < 4.78 is 63.0. The van der Waals surface area contributed by atoms with Crippen LogP contribution in [-0.2, 0) is 12.6 Å². The van der Waals surface area contributed by atoms with Crippen LogP contribution in [0.2, 0.25) is 0 Å². The number of benzene rings is 1. The highest BCUT2D eigenvalue weighted by Gasteiger charge is 2.32. The first-order valence-corrected chi connectivity index (χ1v) is 4.91. The summed E-state index contributed by atoms with van der Waals surface area (Å²) in [6.45, 7) is 1.83. The molecule has 0 atom stereocenters. The Kier molecular flexibility index (Phi) is 3.88. The highest BCUT2D eigenvalue weighted by atomic mass is 19.4. The molecule has 0 aliphatic carbocycles. The third-order valence-electron chi connectivity index (χ3n) is 2.25. The number of alkyl halides is 3. The van der Waals surface area contributed by atoms with Crippen LogP contribution in [0, 0.1) is 11.6 Å². The molecule has 0 heterocycles. The zero-order valence-electron chi connectivity index (χ0n) is 8.67. The van der Waals surface area contributed by atoms with Gasteiger partial charge in [0.2, 0.25) is 0 Å². The summed E-state index contributed by atoms with van der Waals surface area (Å²) in [6, 6.07) is 0.683. The number of hydrogen-bond donors (Lipinski definition) is 0. The molecular formula is C11H11F5. The van der Waals surface area contributed by atoms with Crippen LogP contribution in [-0.4, -0.2) is 0 Å². The van der Waals surface area contributed by atoms with Gasteiger partial charge in [0.1, 0.15) is 11.6 Å². The Hall–Kier alpha value is -1.13. The molecule has 0 aliphatic heterocycles. The molecule has 90 valence electrons. The fourth-order valence-electron chi connectivity index (χ4n) is 1.36. The summed E-state index contributed by atoms with van der Waals surface area (Å²) >= 11 is 0. The second kappa shape index (κ2) is 4.80. The summed E-state index contributed by atoms with van der Waals surface area (Å²) in [6.07, 6.45) is -3.34. The lowest BCUT2D eigenvalue weighted by Gasteiger charge is -2.10. The van der Waals surface area contributed by atoms with E-state index >= 15 is 0 Å². The van der Waals surface area contributed by atoms with Crippen molar-refractivity contribution >= 4 is 0 Å². The topological polar surface area (TPSA) is 0 Å². The molecule has 0 unspecified atom stereocenters. The van der Waals surface area contributed by atoms with Crippen LogP contribution in [0.5, 0.6) is 0 Å². The Labute approximate surface area is 90.1 Å². The normalized spacial score (nSPS) is 11.9. The van der Waals surface area contributed by atoms with Crippen molar-refractivity contribution in [1.29, 1.82) is 0 Å². The summed E-state index contributed by atoms with van der Waals surface area (Å²) in [5.41, 5.74) is -1.56. The van der Waals surface area contributed by atoms with Gasteiger partial charge < -0.3 is 0 Å². The minimum atomic E-state index is -4.72. The van der Waals surface area contributed by atoms with Crippen LogP contribution in [0.1, 0.15) is 30.9 Å². The lowest BCUT2D eigenvalue weighted by Crippen LogP contribution is -2.08. The molecule has 0 aromatic heterocycles. The van der Waals surface area contributed by atoms with Gasteiger partial charge in [-0.15, -0.1) is 0 Å². The quantitative estimate of drug-likeness (QED) is 0.687. The second-order valence-corrected chi connectivity index (χ2v) is 3.52. The lowest BCUT2D eigenvalue weighted by molar-refractivity contribution is -0.138. The zero-order chi connectivity index (χ0) is 12.3. The Morgan fingerprint density at radius 2 is 1.56 bits per heavy atom. The molecule has 1 rings (SSSR count). The molecule has 1 aromatic carbocycles. The molecular weight excluding hydrogens is 227 g/mol. The number of unbranched alkanes of at least 4 members (excludes halogenated alkanes) is 1. The van der Waals surface area contributed by atoms with Gasteiger partial charge in [0.05, 0.1) is 5.56 Å². The minimum absolute atomic E-state index is 0.117. The van der Waals surface area contributed by atoms with E-state index in [2.05, 4.69) is 0 Å². The third-order valence-corrected chi connectivity index (χ3v) is 2.25. The molecule has 16 heavy (non-hydrogen) atoms. The van der Waals surface area contributed by atoms with E-state index in [1.54, 1.807) is 0 Å². The van der Waals surface area contributed by atoms with E-state index in [-0.39, 0.29) is 12.0 Å². The van der Waals surface area contributed by atoms with Crippen molar-refractivity contribution in [3.05, 3.63) is 34.9 Å². The largest absolute Gasteiger partial charge is 0.416 e. The van der Waals surface area contributed by atoms with E-state index < -0.39 is 23.4 Å². The highest BCUT2D eigenvalue weighted by Crippen LogP contribution is 2.31. The molecule has 0 saturated heterocycles. The minimum Gasteiger partial charge on any atom is -0.207 e. The first-order valence-electron chi connectivity index (χ1n) is 4.91. The molecule has 0 radical (unpaired) electrons. The molecule has 0 spiro atoms. The maximum atomic E-state index is 13.2. The highest BCUT2D eigenvalue weighted by molar-refractivity contribution is 5.28. The van der Waals surface area contributed by atoms with Crippen LogP contribution >= 0.6 is 0 Å². The fourth-order valence-corrected chi connectivity index (χ4v) is 1.36. The van der Waals surface area contributed by atoms with Crippen LogP contribution in [0.3, 0.4) is 0 Å². The van der Waals surface area contributed by atoms with E-state index in [9.17, 15) is 22.0 Å². The van der Waals surface area contributed by atoms with Crippen molar-refractivity contribution in [2.75, 3.05) is 0 Å². The zero-order valence-corrected chi connectivity index (χ0v) is 8.67. The smallest absolute Gasteiger partial charge is 0.207 e. The van der Waals surface area contributed by atoms with Gasteiger partial charge in [0.25, 0.3) is 0 Å². The summed E-state index contributed by atoms with van der Waals surface area (Å²) in [4.78, 5) is 0. The van der Waals surface area contributed by atoms with Crippen molar-refractivity contribution in [1.82, 2.24) is 0 Å². The summed E-state index contributed by atoms with van der Waals surface area (Å²) in [7, 11) is 0. The van der Waals surface area contributed by atoms with Crippen LogP contribution in [0.25, 0.3) is 0 Å². The Bertz CT molecular complexity index is 344. The average Bonchev–Trinajstić information content (AvgIpc) is 2.15. The van der Waals surface area contributed by atoms with Crippen LogP contribution in [0.4, 0.5) is 22.0 Å². The second-order valence-electron chi connectivity index (χ2n) is 3.52. The van der Waals surface area contributed by atoms with Gasteiger partial charge in [-0.3, -0.25) is 0 Å². The van der Waals surface area contributed by atoms with Gasteiger partial charge in [-0.05, 0) is 25.0 Å². The maximum Gasteiger partial charge on any atom is 0.416 e.